The van der Waals surface area contributed by atoms with Crippen LogP contribution in [0.4, 0.5) is 0 Å². The Morgan fingerprint density at radius 2 is 1.68 bits per heavy atom. The highest BCUT2D eigenvalue weighted by Crippen LogP contribution is 2.21. The van der Waals surface area contributed by atoms with Crippen LogP contribution in [0.5, 0.6) is 0 Å². The third kappa shape index (κ3) is 4.79. The predicted octanol–water partition coefficient (Wildman–Crippen LogP) is 1.61. The molecule has 1 aliphatic heterocycles. The van der Waals surface area contributed by atoms with Crippen LogP contribution in [0.25, 0.3) is 0 Å². The molecule has 3 rings (SSSR count). The third-order valence-corrected chi connectivity index (χ3v) is 6.38. The molecule has 8 nitrogen and oxygen atoms in total. The summed E-state index contributed by atoms with van der Waals surface area (Å²) < 4.78 is 31.9. The number of piperidine rings is 1. The van der Waals surface area contributed by atoms with Gasteiger partial charge < -0.3 is 15.1 Å². The molecule has 9 heteroatoms. The van der Waals surface area contributed by atoms with Crippen LogP contribution in [-0.2, 0) is 10.0 Å². The minimum atomic E-state index is -3.59. The highest BCUT2D eigenvalue weighted by atomic mass is 32.2. The van der Waals surface area contributed by atoms with Gasteiger partial charge in [0.25, 0.3) is 11.8 Å². The van der Waals surface area contributed by atoms with Gasteiger partial charge in [0.1, 0.15) is 0 Å². The van der Waals surface area contributed by atoms with Crippen molar-refractivity contribution in [1.29, 1.82) is 0 Å². The van der Waals surface area contributed by atoms with E-state index in [-0.39, 0.29) is 35.2 Å². The summed E-state index contributed by atoms with van der Waals surface area (Å²) in [6.07, 6.45) is 4.14. The lowest BCUT2D eigenvalue weighted by atomic mass is 10.2. The SMILES string of the molecule is O=C(NCCNC(=O)c1ccco1)c1cccc(S(=O)(=O)N2CCCCC2)c1. The molecule has 2 aromatic rings. The van der Waals surface area contributed by atoms with Crippen LogP contribution in [0, 0.1) is 0 Å². The molecule has 0 bridgehead atoms. The summed E-state index contributed by atoms with van der Waals surface area (Å²) in [7, 11) is -3.59. The zero-order chi connectivity index (χ0) is 20.0. The van der Waals surface area contributed by atoms with Gasteiger partial charge in [-0.1, -0.05) is 12.5 Å². The average Bonchev–Trinajstić information content (AvgIpc) is 3.26. The second-order valence-electron chi connectivity index (χ2n) is 6.48. The van der Waals surface area contributed by atoms with Gasteiger partial charge in [-0.05, 0) is 43.2 Å². The molecule has 0 radical (unpaired) electrons. The maximum Gasteiger partial charge on any atom is 0.287 e. The molecule has 0 unspecified atom stereocenters. The maximum absolute atomic E-state index is 12.7. The van der Waals surface area contributed by atoms with E-state index in [1.165, 1.54) is 22.7 Å². The van der Waals surface area contributed by atoms with Crippen molar-refractivity contribution < 1.29 is 22.4 Å². The van der Waals surface area contributed by atoms with Crippen molar-refractivity contribution in [3.8, 4) is 0 Å². The van der Waals surface area contributed by atoms with Crippen molar-refractivity contribution in [3.05, 3.63) is 54.0 Å². The Morgan fingerprint density at radius 3 is 2.36 bits per heavy atom. The molecular weight excluding hydrogens is 382 g/mol. The summed E-state index contributed by atoms with van der Waals surface area (Å²) in [6, 6.07) is 9.17. The number of carbonyl (C=O) groups excluding carboxylic acids is 2. The number of sulfonamides is 1. The Balaban J connectivity index is 1.55. The van der Waals surface area contributed by atoms with E-state index < -0.39 is 15.9 Å². The number of hydrogen-bond donors (Lipinski definition) is 2. The van der Waals surface area contributed by atoms with E-state index in [1.54, 1.807) is 24.3 Å². The van der Waals surface area contributed by atoms with Crippen LogP contribution in [-0.4, -0.2) is 50.7 Å². The van der Waals surface area contributed by atoms with Crippen LogP contribution in [0.3, 0.4) is 0 Å². The van der Waals surface area contributed by atoms with Gasteiger partial charge in [-0.25, -0.2) is 8.42 Å². The second kappa shape index (κ2) is 9.03. The first-order valence-corrected chi connectivity index (χ1v) is 10.6. The quantitative estimate of drug-likeness (QED) is 0.681. The molecule has 1 aromatic heterocycles. The van der Waals surface area contributed by atoms with Gasteiger partial charge in [-0.2, -0.15) is 4.31 Å². The van der Waals surface area contributed by atoms with Gasteiger partial charge in [0, 0.05) is 31.7 Å². The first-order chi connectivity index (χ1) is 13.5. The number of nitrogens with one attached hydrogen (secondary N) is 2. The van der Waals surface area contributed by atoms with Gasteiger partial charge in [0.05, 0.1) is 11.2 Å². The lowest BCUT2D eigenvalue weighted by molar-refractivity contribution is 0.0910. The largest absolute Gasteiger partial charge is 0.459 e. The van der Waals surface area contributed by atoms with E-state index in [0.29, 0.717) is 13.1 Å². The van der Waals surface area contributed by atoms with Crippen LogP contribution in [0.2, 0.25) is 0 Å². The molecule has 0 aliphatic carbocycles. The van der Waals surface area contributed by atoms with E-state index in [0.717, 1.165) is 19.3 Å². The molecular formula is C19H23N3O5S. The highest BCUT2D eigenvalue weighted by Gasteiger charge is 2.26. The first-order valence-electron chi connectivity index (χ1n) is 9.18. The smallest absolute Gasteiger partial charge is 0.287 e. The molecule has 2 heterocycles. The van der Waals surface area contributed by atoms with Crippen LogP contribution in [0.1, 0.15) is 40.2 Å². The predicted molar refractivity (Wildman–Crippen MR) is 102 cm³/mol. The van der Waals surface area contributed by atoms with Crippen LogP contribution < -0.4 is 10.6 Å². The topological polar surface area (TPSA) is 109 Å². The number of furan rings is 1. The molecule has 150 valence electrons. The van der Waals surface area contributed by atoms with Gasteiger partial charge >= 0.3 is 0 Å². The summed E-state index contributed by atoms with van der Waals surface area (Å²) in [5.74, 6) is -0.571. The van der Waals surface area contributed by atoms with Crippen molar-refractivity contribution in [3.63, 3.8) is 0 Å². The summed E-state index contributed by atoms with van der Waals surface area (Å²) in [6.45, 7) is 1.44. The minimum Gasteiger partial charge on any atom is -0.459 e. The fourth-order valence-electron chi connectivity index (χ4n) is 3.00. The van der Waals surface area contributed by atoms with Crippen LogP contribution >= 0.6 is 0 Å². The van der Waals surface area contributed by atoms with Crippen molar-refractivity contribution in [2.75, 3.05) is 26.2 Å². The Labute approximate surface area is 164 Å². The van der Waals surface area contributed by atoms with E-state index in [9.17, 15) is 18.0 Å². The monoisotopic (exact) mass is 405 g/mol. The summed E-state index contributed by atoms with van der Waals surface area (Å²) in [4.78, 5) is 24.2. The standard InChI is InChI=1S/C19H23N3O5S/c23-18(20-9-10-21-19(24)17-8-5-13-27-17)15-6-4-7-16(14-15)28(25,26)22-11-2-1-3-12-22/h4-8,13-14H,1-3,9-12H2,(H,20,23)(H,21,24). The fourth-order valence-corrected chi connectivity index (χ4v) is 4.56. The first kappa shape index (κ1) is 20.1. The second-order valence-corrected chi connectivity index (χ2v) is 8.42. The number of benzene rings is 1. The van der Waals surface area contributed by atoms with Gasteiger partial charge in [0.15, 0.2) is 5.76 Å². The molecule has 1 aliphatic rings. The number of nitrogens with zero attached hydrogens (tertiary/aromatic N) is 1. The van der Waals surface area contributed by atoms with E-state index in [2.05, 4.69) is 10.6 Å². The summed E-state index contributed by atoms with van der Waals surface area (Å²) >= 11 is 0. The van der Waals surface area contributed by atoms with Crippen molar-refractivity contribution in [1.82, 2.24) is 14.9 Å². The maximum atomic E-state index is 12.7. The minimum absolute atomic E-state index is 0.119. The van der Waals surface area contributed by atoms with Gasteiger partial charge in [-0.15, -0.1) is 0 Å². The molecule has 1 fully saturated rings. The Morgan fingerprint density at radius 1 is 0.964 bits per heavy atom. The molecule has 2 N–H and O–H groups in total. The average molecular weight is 405 g/mol. The van der Waals surface area contributed by atoms with Crippen molar-refractivity contribution in [2.45, 2.75) is 24.2 Å². The summed E-state index contributed by atoms with van der Waals surface area (Å²) in [5, 5.41) is 5.29. The molecule has 1 aromatic carbocycles. The Kier molecular flexibility index (Phi) is 6.48. The molecule has 2 amide bonds. The molecule has 0 saturated carbocycles. The number of hydrogen-bond acceptors (Lipinski definition) is 5. The molecule has 1 saturated heterocycles. The lowest BCUT2D eigenvalue weighted by Crippen LogP contribution is -2.36. The lowest BCUT2D eigenvalue weighted by Gasteiger charge is -2.26. The number of rotatable bonds is 7. The van der Waals surface area contributed by atoms with Gasteiger partial charge in [-0.3, -0.25) is 9.59 Å². The third-order valence-electron chi connectivity index (χ3n) is 4.49. The van der Waals surface area contributed by atoms with E-state index >= 15 is 0 Å². The summed E-state index contributed by atoms with van der Waals surface area (Å²) in [5.41, 5.74) is 0.260. The normalized spacial score (nSPS) is 15.1. The van der Waals surface area contributed by atoms with Gasteiger partial charge in [0.2, 0.25) is 10.0 Å². The number of carbonyl (C=O) groups is 2. The van der Waals surface area contributed by atoms with Crippen molar-refractivity contribution in [2.24, 2.45) is 0 Å². The zero-order valence-corrected chi connectivity index (χ0v) is 16.2. The Hall–Kier alpha value is -2.65. The highest BCUT2D eigenvalue weighted by molar-refractivity contribution is 7.89. The zero-order valence-electron chi connectivity index (χ0n) is 15.4. The molecule has 28 heavy (non-hydrogen) atoms. The Bertz CT molecular complexity index is 919. The molecule has 0 spiro atoms. The van der Waals surface area contributed by atoms with Crippen molar-refractivity contribution >= 4 is 21.8 Å². The molecule has 0 atom stereocenters. The van der Waals surface area contributed by atoms with E-state index in [1.807, 2.05) is 0 Å². The van der Waals surface area contributed by atoms with E-state index in [4.69, 9.17) is 4.42 Å². The number of amides is 2. The van der Waals surface area contributed by atoms with Crippen LogP contribution in [0.15, 0.2) is 52.0 Å². The fraction of sp³-hybridized carbons (Fsp3) is 0.368.